The molecule has 1 aliphatic heterocycles. The monoisotopic (exact) mass is 252 g/mol. The topological polar surface area (TPSA) is 66.6 Å². The number of carbonyl (C=O) groups is 1. The van der Waals surface area contributed by atoms with Crippen LogP contribution in [0.1, 0.15) is 30.1 Å². The van der Waals surface area contributed by atoms with Crippen LogP contribution in [0.4, 0.5) is 10.1 Å². The number of likely N-dealkylation sites (tertiary alicyclic amines) is 1. The van der Waals surface area contributed by atoms with Gasteiger partial charge in [0, 0.05) is 5.69 Å². The quantitative estimate of drug-likeness (QED) is 0.799. The third kappa shape index (κ3) is 2.31. The van der Waals surface area contributed by atoms with Gasteiger partial charge in [-0.1, -0.05) is 13.3 Å². The molecule has 0 aliphatic carbocycles. The predicted octanol–water partition coefficient (Wildman–Crippen LogP) is 1.39. The van der Waals surface area contributed by atoms with Crippen LogP contribution in [0.2, 0.25) is 0 Å². The Kier molecular flexibility index (Phi) is 3.26. The second-order valence-electron chi connectivity index (χ2n) is 4.87. The molecule has 1 aromatic carbocycles. The molecule has 0 saturated carbocycles. The van der Waals surface area contributed by atoms with E-state index in [1.807, 2.05) is 6.92 Å². The summed E-state index contributed by atoms with van der Waals surface area (Å²) in [4.78, 5) is 13.5. The van der Waals surface area contributed by atoms with Crippen LogP contribution >= 0.6 is 0 Å². The van der Waals surface area contributed by atoms with Crippen LogP contribution in [0.3, 0.4) is 0 Å². The lowest BCUT2D eigenvalue weighted by Gasteiger charge is -2.46. The molecule has 1 fully saturated rings. The Balaban J connectivity index is 2.08. The summed E-state index contributed by atoms with van der Waals surface area (Å²) in [6.45, 7) is 2.55. The van der Waals surface area contributed by atoms with Crippen LogP contribution in [-0.4, -0.2) is 34.6 Å². The summed E-state index contributed by atoms with van der Waals surface area (Å²) in [5, 5.41) is 10.0. The van der Waals surface area contributed by atoms with Crippen molar-refractivity contribution in [3.05, 3.63) is 29.6 Å². The van der Waals surface area contributed by atoms with E-state index in [-0.39, 0.29) is 30.2 Å². The van der Waals surface area contributed by atoms with E-state index in [1.54, 1.807) is 0 Å². The van der Waals surface area contributed by atoms with E-state index in [0.717, 1.165) is 12.5 Å². The fourth-order valence-electron chi connectivity index (χ4n) is 2.32. The highest BCUT2D eigenvalue weighted by Gasteiger charge is 2.43. The van der Waals surface area contributed by atoms with Crippen molar-refractivity contribution >= 4 is 11.6 Å². The Bertz CT molecular complexity index is 470. The highest BCUT2D eigenvalue weighted by molar-refractivity contribution is 5.99. The first-order chi connectivity index (χ1) is 8.45. The van der Waals surface area contributed by atoms with Gasteiger partial charge < -0.3 is 15.7 Å². The molecule has 4 nitrogen and oxygen atoms in total. The molecule has 0 radical (unpaired) electrons. The van der Waals surface area contributed by atoms with Gasteiger partial charge in [0.15, 0.2) is 0 Å². The maximum Gasteiger partial charge on any atom is 0.256 e. The van der Waals surface area contributed by atoms with Gasteiger partial charge in [0.2, 0.25) is 0 Å². The van der Waals surface area contributed by atoms with Gasteiger partial charge in [-0.2, -0.15) is 0 Å². The molecule has 0 unspecified atom stereocenters. The zero-order valence-corrected chi connectivity index (χ0v) is 10.3. The number of aliphatic hydroxyl groups is 1. The molecule has 1 aromatic rings. The van der Waals surface area contributed by atoms with Crippen molar-refractivity contribution in [1.82, 2.24) is 4.90 Å². The van der Waals surface area contributed by atoms with E-state index in [2.05, 4.69) is 0 Å². The highest BCUT2D eigenvalue weighted by atomic mass is 19.1. The number of hydrogen-bond acceptors (Lipinski definition) is 3. The average Bonchev–Trinajstić information content (AvgIpc) is 2.28. The van der Waals surface area contributed by atoms with Crippen LogP contribution in [0.25, 0.3) is 0 Å². The molecular formula is C13H17FN2O2. The number of nitrogens with zero attached hydrogens (tertiary/aromatic N) is 1. The number of benzene rings is 1. The zero-order chi connectivity index (χ0) is 13.3. The lowest BCUT2D eigenvalue weighted by atomic mass is 9.88. The lowest BCUT2D eigenvalue weighted by molar-refractivity contribution is -0.0859. The Morgan fingerprint density at radius 2 is 2.22 bits per heavy atom. The fourth-order valence-corrected chi connectivity index (χ4v) is 2.32. The van der Waals surface area contributed by atoms with Gasteiger partial charge in [-0.25, -0.2) is 4.39 Å². The Morgan fingerprint density at radius 1 is 1.56 bits per heavy atom. The first-order valence-electron chi connectivity index (χ1n) is 6.02. The zero-order valence-electron chi connectivity index (χ0n) is 10.3. The first kappa shape index (κ1) is 12.8. The molecule has 0 spiro atoms. The maximum atomic E-state index is 13.1. The molecule has 3 N–H and O–H groups in total. The van der Waals surface area contributed by atoms with Crippen molar-refractivity contribution in [2.45, 2.75) is 25.4 Å². The average molecular weight is 252 g/mol. The van der Waals surface area contributed by atoms with Crippen molar-refractivity contribution in [3.63, 3.8) is 0 Å². The van der Waals surface area contributed by atoms with E-state index in [4.69, 9.17) is 5.73 Å². The van der Waals surface area contributed by atoms with Crippen molar-refractivity contribution in [3.8, 4) is 0 Å². The lowest BCUT2D eigenvalue weighted by Crippen LogP contribution is -2.63. The molecule has 0 bridgehead atoms. The van der Waals surface area contributed by atoms with Gasteiger partial charge in [-0.3, -0.25) is 4.79 Å². The van der Waals surface area contributed by atoms with Gasteiger partial charge in [-0.05, 0) is 24.6 Å². The van der Waals surface area contributed by atoms with Crippen LogP contribution in [-0.2, 0) is 0 Å². The van der Waals surface area contributed by atoms with Gasteiger partial charge in [0.05, 0.1) is 24.3 Å². The summed E-state index contributed by atoms with van der Waals surface area (Å²) in [6, 6.07) is 3.73. The second-order valence-corrected chi connectivity index (χ2v) is 4.87. The van der Waals surface area contributed by atoms with E-state index in [9.17, 15) is 14.3 Å². The number of carbonyl (C=O) groups excluding carboxylic acids is 1. The molecule has 0 atom stereocenters. The highest BCUT2D eigenvalue weighted by Crippen LogP contribution is 2.28. The van der Waals surface area contributed by atoms with Crippen LogP contribution in [0.15, 0.2) is 18.2 Å². The SMILES string of the molecule is CCCC1(O)CN(C(=O)c2cc(F)ccc2N)C1. The summed E-state index contributed by atoms with van der Waals surface area (Å²) in [5.41, 5.74) is 5.29. The van der Waals surface area contributed by atoms with Crippen LogP contribution in [0, 0.1) is 5.82 Å². The molecule has 98 valence electrons. The van der Waals surface area contributed by atoms with Gasteiger partial charge in [0.25, 0.3) is 5.91 Å². The molecule has 1 saturated heterocycles. The number of nitrogen functional groups attached to an aromatic ring is 1. The van der Waals surface area contributed by atoms with Gasteiger partial charge in [-0.15, -0.1) is 0 Å². The third-order valence-corrected chi connectivity index (χ3v) is 3.22. The molecule has 18 heavy (non-hydrogen) atoms. The number of anilines is 1. The minimum atomic E-state index is -0.785. The van der Waals surface area contributed by atoms with Gasteiger partial charge in [0.1, 0.15) is 5.82 Å². The smallest absolute Gasteiger partial charge is 0.256 e. The summed E-state index contributed by atoms with van der Waals surface area (Å²) >= 11 is 0. The number of rotatable bonds is 3. The molecule has 0 aromatic heterocycles. The Morgan fingerprint density at radius 3 is 2.83 bits per heavy atom. The molecule has 5 heteroatoms. The number of halogens is 1. The predicted molar refractivity (Wildman–Crippen MR) is 66.6 cm³/mol. The molecule has 2 rings (SSSR count). The summed E-state index contributed by atoms with van der Waals surface area (Å²) < 4.78 is 13.1. The normalized spacial score (nSPS) is 17.4. The number of amides is 1. The van der Waals surface area contributed by atoms with Crippen LogP contribution in [0.5, 0.6) is 0 Å². The number of hydrogen-bond donors (Lipinski definition) is 2. The van der Waals surface area contributed by atoms with E-state index in [1.165, 1.54) is 17.0 Å². The molecule has 1 amide bonds. The largest absolute Gasteiger partial charge is 0.398 e. The summed E-state index contributed by atoms with van der Waals surface area (Å²) in [6.07, 6.45) is 1.52. The minimum Gasteiger partial charge on any atom is -0.398 e. The molecule has 1 heterocycles. The van der Waals surface area contributed by atoms with Crippen molar-refractivity contribution in [1.29, 1.82) is 0 Å². The van der Waals surface area contributed by atoms with E-state index >= 15 is 0 Å². The minimum absolute atomic E-state index is 0.161. The first-order valence-corrected chi connectivity index (χ1v) is 6.02. The number of β-amino-alcohol motifs (C(OH)–C–C–N with tert-alkyl or cyclic N) is 1. The number of nitrogens with two attached hydrogens (primary N) is 1. The van der Waals surface area contributed by atoms with E-state index in [0.29, 0.717) is 6.42 Å². The van der Waals surface area contributed by atoms with Crippen molar-refractivity contribution < 1.29 is 14.3 Å². The Hall–Kier alpha value is -1.62. The Labute approximate surface area is 105 Å². The van der Waals surface area contributed by atoms with Crippen molar-refractivity contribution in [2.75, 3.05) is 18.8 Å². The molecular weight excluding hydrogens is 235 g/mol. The second kappa shape index (κ2) is 4.57. The van der Waals surface area contributed by atoms with Crippen molar-refractivity contribution in [2.24, 2.45) is 0 Å². The standard InChI is InChI=1S/C13H17FN2O2/c1-2-5-13(18)7-16(8-13)12(17)10-6-9(14)3-4-11(10)15/h3-4,6,18H,2,5,7-8,15H2,1H3. The summed E-state index contributed by atoms with van der Waals surface area (Å²) in [5.74, 6) is -0.815. The summed E-state index contributed by atoms with van der Waals surface area (Å²) in [7, 11) is 0. The van der Waals surface area contributed by atoms with Crippen LogP contribution < -0.4 is 5.73 Å². The molecule has 1 aliphatic rings. The van der Waals surface area contributed by atoms with E-state index < -0.39 is 11.4 Å². The third-order valence-electron chi connectivity index (χ3n) is 3.22. The fraction of sp³-hybridized carbons (Fsp3) is 0.462. The maximum absolute atomic E-state index is 13.1. The van der Waals surface area contributed by atoms with Gasteiger partial charge >= 0.3 is 0 Å².